The Kier molecular flexibility index (Phi) is 6.98. The standard InChI is InChI=1S/C22H32ClN5O/c1-17-19(21(23)28(25-17)18-9-6-5-7-10-18)15-26-11-8-12-27(14-13-26)16-20(29)24-22(2,3)4/h5-7,9-10H,8,11-16H2,1-4H3,(H,24,29)/p+2. The molecule has 29 heavy (non-hydrogen) atoms. The number of amides is 1. The molecule has 0 spiro atoms. The van der Waals surface area contributed by atoms with Crippen molar-refractivity contribution in [3.8, 4) is 5.69 Å². The number of quaternary nitrogens is 2. The molecule has 3 rings (SSSR count). The van der Waals surface area contributed by atoms with Gasteiger partial charge in [-0.15, -0.1) is 0 Å². The van der Waals surface area contributed by atoms with Gasteiger partial charge in [-0.25, -0.2) is 4.68 Å². The summed E-state index contributed by atoms with van der Waals surface area (Å²) in [4.78, 5) is 15.1. The van der Waals surface area contributed by atoms with Crippen LogP contribution in [0.15, 0.2) is 30.3 Å². The Morgan fingerprint density at radius 1 is 1.14 bits per heavy atom. The first-order chi connectivity index (χ1) is 13.7. The van der Waals surface area contributed by atoms with E-state index in [1.807, 2.05) is 62.7 Å². The number of hydrogen-bond donors (Lipinski definition) is 3. The molecule has 7 heteroatoms. The summed E-state index contributed by atoms with van der Waals surface area (Å²) in [6, 6.07) is 10.0. The van der Waals surface area contributed by atoms with Crippen molar-refractivity contribution in [1.29, 1.82) is 0 Å². The minimum Gasteiger partial charge on any atom is -0.347 e. The van der Waals surface area contributed by atoms with Crippen molar-refractivity contribution in [2.75, 3.05) is 32.7 Å². The van der Waals surface area contributed by atoms with Gasteiger partial charge in [0, 0.05) is 12.0 Å². The molecule has 1 saturated heterocycles. The molecule has 0 radical (unpaired) electrons. The van der Waals surface area contributed by atoms with Crippen molar-refractivity contribution < 1.29 is 14.6 Å². The number of rotatable bonds is 5. The van der Waals surface area contributed by atoms with E-state index in [0.717, 1.165) is 56.1 Å². The Morgan fingerprint density at radius 2 is 1.79 bits per heavy atom. The fourth-order valence-corrected chi connectivity index (χ4v) is 4.30. The second-order valence-electron chi connectivity index (χ2n) is 9.11. The third kappa shape index (κ3) is 6.04. The minimum atomic E-state index is -0.174. The average molecular weight is 420 g/mol. The minimum absolute atomic E-state index is 0.138. The summed E-state index contributed by atoms with van der Waals surface area (Å²) in [6.45, 7) is 13.7. The zero-order valence-electron chi connectivity index (χ0n) is 18.0. The molecule has 3 N–H and O–H groups in total. The molecule has 2 aromatic rings. The Labute approximate surface area is 178 Å². The van der Waals surface area contributed by atoms with Crippen molar-refractivity contribution in [3.63, 3.8) is 0 Å². The molecule has 0 aliphatic carbocycles. The van der Waals surface area contributed by atoms with Crippen molar-refractivity contribution in [3.05, 3.63) is 46.7 Å². The number of nitrogens with zero attached hydrogens (tertiary/aromatic N) is 2. The van der Waals surface area contributed by atoms with Gasteiger partial charge in [-0.3, -0.25) is 4.79 Å². The highest BCUT2D eigenvalue weighted by Crippen LogP contribution is 2.22. The lowest BCUT2D eigenvalue weighted by Crippen LogP contribution is -3.17. The maximum Gasteiger partial charge on any atom is 0.275 e. The lowest BCUT2D eigenvalue weighted by Gasteiger charge is -2.22. The molecule has 1 aliphatic rings. The molecule has 2 unspecified atom stereocenters. The first kappa shape index (κ1) is 21.8. The van der Waals surface area contributed by atoms with Crippen molar-refractivity contribution in [2.24, 2.45) is 0 Å². The Bertz CT molecular complexity index is 828. The lowest BCUT2D eigenvalue weighted by atomic mass is 10.1. The van der Waals surface area contributed by atoms with Gasteiger partial charge in [0.2, 0.25) is 0 Å². The van der Waals surface area contributed by atoms with Crippen LogP contribution in [0, 0.1) is 6.92 Å². The molecule has 1 amide bonds. The fraction of sp³-hybridized carbons (Fsp3) is 0.545. The number of halogens is 1. The summed E-state index contributed by atoms with van der Waals surface area (Å²) in [5.74, 6) is 0.138. The van der Waals surface area contributed by atoms with E-state index in [-0.39, 0.29) is 11.4 Å². The van der Waals surface area contributed by atoms with Crippen LogP contribution >= 0.6 is 11.6 Å². The van der Waals surface area contributed by atoms with Crippen LogP contribution in [0.25, 0.3) is 5.69 Å². The number of benzene rings is 1. The van der Waals surface area contributed by atoms with Crippen LogP contribution < -0.4 is 15.1 Å². The van der Waals surface area contributed by atoms with E-state index in [4.69, 9.17) is 11.6 Å². The van der Waals surface area contributed by atoms with Crippen LogP contribution in [0.2, 0.25) is 5.15 Å². The highest BCUT2D eigenvalue weighted by molar-refractivity contribution is 6.30. The first-order valence-corrected chi connectivity index (χ1v) is 10.9. The number of carbonyl (C=O) groups excluding carboxylic acids is 1. The number of hydrogen-bond acceptors (Lipinski definition) is 2. The molecule has 0 bridgehead atoms. The summed E-state index contributed by atoms with van der Waals surface area (Å²) in [5, 5.41) is 8.45. The van der Waals surface area contributed by atoms with Crippen LogP contribution in [0.4, 0.5) is 0 Å². The van der Waals surface area contributed by atoms with Crippen LogP contribution in [0.5, 0.6) is 0 Å². The van der Waals surface area contributed by atoms with Gasteiger partial charge < -0.3 is 15.1 Å². The normalized spacial score (nSPS) is 20.3. The second kappa shape index (κ2) is 9.28. The molecule has 2 heterocycles. The predicted molar refractivity (Wildman–Crippen MR) is 116 cm³/mol. The van der Waals surface area contributed by atoms with Gasteiger partial charge in [-0.1, -0.05) is 29.8 Å². The number of para-hydroxylation sites is 1. The maximum absolute atomic E-state index is 12.3. The Morgan fingerprint density at radius 3 is 2.48 bits per heavy atom. The van der Waals surface area contributed by atoms with E-state index in [0.29, 0.717) is 11.7 Å². The maximum atomic E-state index is 12.3. The highest BCUT2D eigenvalue weighted by atomic mass is 35.5. The first-order valence-electron chi connectivity index (χ1n) is 10.5. The van der Waals surface area contributed by atoms with Crippen LogP contribution in [0.1, 0.15) is 38.4 Å². The van der Waals surface area contributed by atoms with E-state index in [2.05, 4.69) is 10.4 Å². The zero-order chi connectivity index (χ0) is 21.0. The lowest BCUT2D eigenvalue weighted by molar-refractivity contribution is -0.942. The SMILES string of the molecule is Cc1nn(-c2ccccc2)c(Cl)c1C[NH+]1CCC[NH+](CC(=O)NC(C)(C)C)CC1. The third-order valence-corrected chi connectivity index (χ3v) is 5.76. The monoisotopic (exact) mass is 419 g/mol. The molecule has 1 fully saturated rings. The number of carbonyl (C=O) groups is 1. The largest absolute Gasteiger partial charge is 0.347 e. The summed E-state index contributed by atoms with van der Waals surface area (Å²) in [6.07, 6.45) is 1.11. The topological polar surface area (TPSA) is 55.8 Å². The van der Waals surface area contributed by atoms with E-state index >= 15 is 0 Å². The molecular weight excluding hydrogens is 386 g/mol. The van der Waals surface area contributed by atoms with Gasteiger partial charge in [0.05, 0.1) is 30.0 Å². The summed E-state index contributed by atoms with van der Waals surface area (Å²) in [5.41, 5.74) is 2.93. The molecule has 1 aliphatic heterocycles. The zero-order valence-corrected chi connectivity index (χ0v) is 18.8. The van der Waals surface area contributed by atoms with Gasteiger partial charge in [-0.2, -0.15) is 5.10 Å². The molecule has 6 nitrogen and oxygen atoms in total. The van der Waals surface area contributed by atoms with E-state index in [1.54, 1.807) is 0 Å². The molecule has 0 saturated carbocycles. The van der Waals surface area contributed by atoms with Crippen molar-refractivity contribution >= 4 is 17.5 Å². The van der Waals surface area contributed by atoms with Crippen LogP contribution in [-0.4, -0.2) is 54.0 Å². The predicted octanol–water partition coefficient (Wildman–Crippen LogP) is 0.422. The van der Waals surface area contributed by atoms with Gasteiger partial charge >= 0.3 is 0 Å². The average Bonchev–Trinajstić information content (AvgIpc) is 2.80. The molecule has 2 atom stereocenters. The van der Waals surface area contributed by atoms with Gasteiger partial charge in [-0.05, 0) is 39.8 Å². The fourth-order valence-electron chi connectivity index (χ4n) is 3.96. The smallest absolute Gasteiger partial charge is 0.275 e. The highest BCUT2D eigenvalue weighted by Gasteiger charge is 2.26. The summed E-state index contributed by atoms with van der Waals surface area (Å²) < 4.78 is 1.83. The van der Waals surface area contributed by atoms with Crippen molar-refractivity contribution in [2.45, 2.75) is 46.2 Å². The van der Waals surface area contributed by atoms with E-state index in [9.17, 15) is 4.79 Å². The number of aromatic nitrogens is 2. The summed E-state index contributed by atoms with van der Waals surface area (Å²) >= 11 is 6.71. The second-order valence-corrected chi connectivity index (χ2v) is 9.47. The van der Waals surface area contributed by atoms with Crippen LogP contribution in [-0.2, 0) is 11.3 Å². The van der Waals surface area contributed by atoms with Crippen LogP contribution in [0.3, 0.4) is 0 Å². The third-order valence-electron chi connectivity index (χ3n) is 5.37. The molecular formula is C22H34ClN5O+2. The van der Waals surface area contributed by atoms with Gasteiger partial charge in [0.15, 0.2) is 6.54 Å². The molecule has 1 aromatic heterocycles. The number of aryl methyl sites for hydroxylation is 1. The molecule has 158 valence electrons. The Hall–Kier alpha value is -1.89. The van der Waals surface area contributed by atoms with Crippen molar-refractivity contribution in [1.82, 2.24) is 15.1 Å². The summed E-state index contributed by atoms with van der Waals surface area (Å²) in [7, 11) is 0. The van der Waals surface area contributed by atoms with E-state index in [1.165, 1.54) is 9.80 Å². The number of nitrogens with one attached hydrogen (secondary N) is 3. The molecule has 1 aromatic carbocycles. The van der Waals surface area contributed by atoms with Gasteiger partial charge in [0.1, 0.15) is 24.8 Å². The Balaban J connectivity index is 1.61. The van der Waals surface area contributed by atoms with Gasteiger partial charge in [0.25, 0.3) is 5.91 Å². The van der Waals surface area contributed by atoms with E-state index < -0.39 is 0 Å². The quantitative estimate of drug-likeness (QED) is 0.658.